The van der Waals surface area contributed by atoms with Crippen molar-refractivity contribution in [3.05, 3.63) is 12.2 Å². The van der Waals surface area contributed by atoms with E-state index in [1.54, 1.807) is 6.92 Å². The number of hydrogen-bond acceptors (Lipinski definition) is 6. The van der Waals surface area contributed by atoms with Crippen molar-refractivity contribution in [2.24, 2.45) is 0 Å². The van der Waals surface area contributed by atoms with Crippen molar-refractivity contribution in [2.75, 3.05) is 7.11 Å². The number of rotatable bonds is 21. The van der Waals surface area contributed by atoms with Crippen LogP contribution in [-0.4, -0.2) is 25.0 Å². The first-order valence-corrected chi connectivity index (χ1v) is 14.0. The van der Waals surface area contributed by atoms with Gasteiger partial charge in [-0.2, -0.15) is 0 Å². The lowest BCUT2D eigenvalue weighted by atomic mass is 10.1. The average molecular weight is 499 g/mol. The van der Waals surface area contributed by atoms with E-state index < -0.39 is 11.9 Å². The summed E-state index contributed by atoms with van der Waals surface area (Å²) in [5.41, 5.74) is 0.433. The molecule has 0 saturated heterocycles. The Morgan fingerprint density at radius 3 is 1.06 bits per heavy atom. The van der Waals surface area contributed by atoms with Crippen LogP contribution < -0.4 is 0 Å². The quantitative estimate of drug-likeness (QED) is 0.0518. The van der Waals surface area contributed by atoms with E-state index in [4.69, 9.17) is 0 Å². The highest BCUT2D eigenvalue weighted by Crippen LogP contribution is 2.12. The van der Waals surface area contributed by atoms with E-state index in [0.717, 1.165) is 38.5 Å². The molecular weight excluding hydrogens is 444 g/mol. The molecule has 0 N–H and O–H groups in total. The summed E-state index contributed by atoms with van der Waals surface area (Å²) in [6.45, 7) is 9.41. The van der Waals surface area contributed by atoms with Gasteiger partial charge in [-0.15, -0.1) is 0 Å². The average Bonchev–Trinajstić information content (AvgIpc) is 2.85. The van der Waals surface area contributed by atoms with Crippen LogP contribution in [0.2, 0.25) is 0 Å². The third-order valence-corrected chi connectivity index (χ3v) is 5.73. The topological polar surface area (TPSA) is 78.9 Å². The minimum atomic E-state index is -0.427. The minimum absolute atomic E-state index is 0.334. The highest BCUT2D eigenvalue weighted by atomic mass is 17.2. The summed E-state index contributed by atoms with van der Waals surface area (Å²) in [5.74, 6) is -1.20. The molecule has 35 heavy (non-hydrogen) atoms. The first-order valence-electron chi connectivity index (χ1n) is 14.0. The van der Waals surface area contributed by atoms with E-state index in [0.29, 0.717) is 18.4 Å². The fourth-order valence-electron chi connectivity index (χ4n) is 3.51. The van der Waals surface area contributed by atoms with Gasteiger partial charge in [0.05, 0.1) is 20.0 Å². The molecule has 0 fully saturated rings. The molecule has 206 valence electrons. The summed E-state index contributed by atoms with van der Waals surface area (Å²) in [4.78, 5) is 42.6. The van der Waals surface area contributed by atoms with Gasteiger partial charge in [0, 0.05) is 5.57 Å². The molecule has 6 nitrogen and oxygen atoms in total. The van der Waals surface area contributed by atoms with Crippen molar-refractivity contribution in [1.82, 2.24) is 0 Å². The lowest BCUT2D eigenvalue weighted by Crippen LogP contribution is -2.11. The van der Waals surface area contributed by atoms with E-state index in [1.807, 2.05) is 0 Å². The SMILES string of the molecule is C=C(C)C(=O)OC.CCCCCCCCCCCC(=O)OOC(=O)CCCCCCCCCCC. The molecule has 0 aliphatic carbocycles. The van der Waals surface area contributed by atoms with Gasteiger partial charge in [-0.25, -0.2) is 24.2 Å². The molecule has 6 heteroatoms. The van der Waals surface area contributed by atoms with Gasteiger partial charge >= 0.3 is 17.9 Å². The molecule has 0 radical (unpaired) electrons. The van der Waals surface area contributed by atoms with Crippen molar-refractivity contribution in [2.45, 2.75) is 149 Å². The summed E-state index contributed by atoms with van der Waals surface area (Å²) in [6.07, 6.45) is 22.3. The number of ether oxygens (including phenoxy) is 1. The zero-order valence-electron chi connectivity index (χ0n) is 23.3. The Morgan fingerprint density at radius 2 is 0.829 bits per heavy atom. The first kappa shape index (κ1) is 35.3. The maximum Gasteiger partial charge on any atom is 0.355 e. The molecule has 0 aromatic rings. The normalized spacial score (nSPS) is 10.2. The molecule has 0 aromatic carbocycles. The molecule has 0 spiro atoms. The zero-order chi connectivity index (χ0) is 26.6. The molecule has 0 aliphatic heterocycles. The largest absolute Gasteiger partial charge is 0.466 e. The lowest BCUT2D eigenvalue weighted by molar-refractivity contribution is -0.259. The number of unbranched alkanes of at least 4 members (excludes halogenated alkanes) is 16. The summed E-state index contributed by atoms with van der Waals surface area (Å²) < 4.78 is 4.27. The second-order valence-electron chi connectivity index (χ2n) is 9.34. The van der Waals surface area contributed by atoms with Crippen LogP contribution in [0.5, 0.6) is 0 Å². The van der Waals surface area contributed by atoms with Crippen LogP contribution in [0.15, 0.2) is 12.2 Å². The van der Waals surface area contributed by atoms with Gasteiger partial charge < -0.3 is 4.74 Å². The Bertz CT molecular complexity index is 495. The molecule has 0 bridgehead atoms. The van der Waals surface area contributed by atoms with Crippen molar-refractivity contribution in [3.63, 3.8) is 0 Å². The number of carbonyl (C=O) groups is 3. The predicted molar refractivity (Wildman–Crippen MR) is 143 cm³/mol. The van der Waals surface area contributed by atoms with Crippen molar-refractivity contribution >= 4 is 17.9 Å². The molecule has 0 rings (SSSR count). The number of hydrogen-bond donors (Lipinski definition) is 0. The lowest BCUT2D eigenvalue weighted by Gasteiger charge is -2.04. The van der Waals surface area contributed by atoms with Gasteiger partial charge in [0.25, 0.3) is 0 Å². The molecule has 0 amide bonds. The van der Waals surface area contributed by atoms with Crippen molar-refractivity contribution in [1.29, 1.82) is 0 Å². The van der Waals surface area contributed by atoms with Crippen LogP contribution in [0.25, 0.3) is 0 Å². The minimum Gasteiger partial charge on any atom is -0.466 e. The Hall–Kier alpha value is -1.85. The Labute approximate surface area is 215 Å². The molecule has 0 atom stereocenters. The van der Waals surface area contributed by atoms with Crippen LogP contribution in [0, 0.1) is 0 Å². The first-order chi connectivity index (χ1) is 16.9. The number of methoxy groups -OCH3 is 1. The highest BCUT2D eigenvalue weighted by Gasteiger charge is 2.09. The van der Waals surface area contributed by atoms with Gasteiger partial charge in [-0.3, -0.25) is 0 Å². The maximum atomic E-state index is 11.6. The number of carbonyl (C=O) groups excluding carboxylic acids is 3. The summed E-state index contributed by atoms with van der Waals surface area (Å²) >= 11 is 0. The van der Waals surface area contributed by atoms with E-state index in [2.05, 4.69) is 34.9 Å². The van der Waals surface area contributed by atoms with Crippen LogP contribution in [0.1, 0.15) is 149 Å². The third kappa shape index (κ3) is 30.1. The molecule has 0 unspecified atom stereocenters. The van der Waals surface area contributed by atoms with E-state index in [-0.39, 0.29) is 5.97 Å². The molecule has 0 aliphatic rings. The monoisotopic (exact) mass is 498 g/mol. The van der Waals surface area contributed by atoms with E-state index in [1.165, 1.54) is 84.2 Å². The Balaban J connectivity index is 0. The molecule has 0 saturated carbocycles. The maximum absolute atomic E-state index is 11.6. The molecule has 0 aromatic heterocycles. The Morgan fingerprint density at radius 1 is 0.543 bits per heavy atom. The van der Waals surface area contributed by atoms with Crippen molar-refractivity contribution in [3.8, 4) is 0 Å². The standard InChI is InChI=1S/C24H46O4.C5H8O2/c1-3-5-7-9-11-13-15-17-19-21-23(25)27-28-24(26)22-20-18-16-14-12-10-8-6-4-2;1-4(2)5(6)7-3/h3-22H2,1-2H3;1H2,2-3H3. The fourth-order valence-corrected chi connectivity index (χ4v) is 3.51. The van der Waals surface area contributed by atoms with Crippen LogP contribution in [0.4, 0.5) is 0 Å². The van der Waals surface area contributed by atoms with Gasteiger partial charge in [0.15, 0.2) is 0 Å². The van der Waals surface area contributed by atoms with Crippen LogP contribution in [0.3, 0.4) is 0 Å². The van der Waals surface area contributed by atoms with Gasteiger partial charge in [0.2, 0.25) is 0 Å². The predicted octanol–water partition coefficient (Wildman–Crippen LogP) is 8.57. The van der Waals surface area contributed by atoms with Crippen LogP contribution >= 0.6 is 0 Å². The molecular formula is C29H54O6. The summed E-state index contributed by atoms with van der Waals surface area (Å²) in [6, 6.07) is 0. The summed E-state index contributed by atoms with van der Waals surface area (Å²) in [5, 5.41) is 0. The zero-order valence-corrected chi connectivity index (χ0v) is 23.3. The molecule has 0 heterocycles. The third-order valence-electron chi connectivity index (χ3n) is 5.73. The number of esters is 1. The second-order valence-corrected chi connectivity index (χ2v) is 9.34. The second kappa shape index (κ2) is 28.4. The van der Waals surface area contributed by atoms with Crippen molar-refractivity contribution < 1.29 is 28.9 Å². The fraction of sp³-hybridized carbons (Fsp3) is 0.828. The van der Waals surface area contributed by atoms with E-state index in [9.17, 15) is 14.4 Å². The van der Waals surface area contributed by atoms with Gasteiger partial charge in [-0.05, 0) is 19.8 Å². The Kier molecular flexibility index (Phi) is 28.6. The highest BCUT2D eigenvalue weighted by molar-refractivity contribution is 5.86. The van der Waals surface area contributed by atoms with Gasteiger partial charge in [0.1, 0.15) is 0 Å². The van der Waals surface area contributed by atoms with Gasteiger partial charge in [-0.1, -0.05) is 123 Å². The van der Waals surface area contributed by atoms with E-state index >= 15 is 0 Å². The van der Waals surface area contributed by atoms with Crippen LogP contribution in [-0.2, 0) is 28.9 Å². The summed E-state index contributed by atoms with van der Waals surface area (Å²) in [7, 11) is 1.33. The smallest absolute Gasteiger partial charge is 0.355 e.